The number of fused-ring (bicyclic) bond motifs is 1. The molecule has 0 amide bonds. The number of aromatic amines is 1. The summed E-state index contributed by atoms with van der Waals surface area (Å²) >= 11 is 2.94. The second kappa shape index (κ2) is 2.34. The second-order valence-electron chi connectivity index (χ2n) is 2.21. The van der Waals surface area contributed by atoms with Crippen LogP contribution in [0, 0.1) is 0 Å². The molecule has 6 heteroatoms. The summed E-state index contributed by atoms with van der Waals surface area (Å²) in [5.41, 5.74) is -0.397. The van der Waals surface area contributed by atoms with Crippen LogP contribution in [0.5, 0.6) is 5.88 Å². The predicted molar refractivity (Wildman–Crippen MR) is 45.2 cm³/mol. The maximum Gasteiger partial charge on any atom is 0.270 e. The van der Waals surface area contributed by atoms with Crippen LogP contribution in [0.2, 0.25) is 0 Å². The van der Waals surface area contributed by atoms with Gasteiger partial charge in [-0.2, -0.15) is 0 Å². The number of imidazole rings is 1. The minimum atomic E-state index is -0.397. The van der Waals surface area contributed by atoms with E-state index in [2.05, 4.69) is 25.9 Å². The standard InChI is InChI=1S/C6H4BrN3O2/c7-3-4(11)9-6-8-1-2-10(6)5(3)12/h1-2,12H,(H,8,9,11). The lowest BCUT2D eigenvalue weighted by atomic mass is 10.6. The largest absolute Gasteiger partial charge is 0.493 e. The fourth-order valence-electron chi connectivity index (χ4n) is 0.931. The van der Waals surface area contributed by atoms with E-state index in [4.69, 9.17) is 0 Å². The van der Waals surface area contributed by atoms with E-state index >= 15 is 0 Å². The summed E-state index contributed by atoms with van der Waals surface area (Å²) < 4.78 is 1.47. The van der Waals surface area contributed by atoms with Crippen molar-refractivity contribution < 1.29 is 5.11 Å². The Hall–Kier alpha value is -1.30. The van der Waals surface area contributed by atoms with E-state index in [1.807, 2.05) is 0 Å². The molecule has 0 radical (unpaired) electrons. The molecular formula is C6H4BrN3O2. The average Bonchev–Trinajstić information content (AvgIpc) is 2.48. The quantitative estimate of drug-likeness (QED) is 0.691. The Morgan fingerprint density at radius 1 is 1.67 bits per heavy atom. The summed E-state index contributed by atoms with van der Waals surface area (Å²) in [6.45, 7) is 0. The zero-order chi connectivity index (χ0) is 8.72. The molecule has 0 saturated carbocycles. The number of rotatable bonds is 0. The maximum absolute atomic E-state index is 11.0. The summed E-state index contributed by atoms with van der Waals surface area (Å²) in [4.78, 5) is 17.3. The first-order valence-electron chi connectivity index (χ1n) is 3.14. The fourth-order valence-corrected chi connectivity index (χ4v) is 1.22. The number of hydrogen-bond donors (Lipinski definition) is 2. The van der Waals surface area contributed by atoms with Gasteiger partial charge in [-0.15, -0.1) is 0 Å². The van der Waals surface area contributed by atoms with Crippen LogP contribution in [0.1, 0.15) is 0 Å². The van der Waals surface area contributed by atoms with Crippen molar-refractivity contribution in [3.8, 4) is 5.88 Å². The molecule has 0 spiro atoms. The van der Waals surface area contributed by atoms with Gasteiger partial charge < -0.3 is 5.11 Å². The van der Waals surface area contributed by atoms with Gasteiger partial charge in [0.15, 0.2) is 0 Å². The molecule has 0 atom stereocenters. The lowest BCUT2D eigenvalue weighted by Crippen LogP contribution is -2.09. The topological polar surface area (TPSA) is 70.4 Å². The van der Waals surface area contributed by atoms with Crippen molar-refractivity contribution in [3.63, 3.8) is 0 Å². The van der Waals surface area contributed by atoms with Crippen molar-refractivity contribution in [2.24, 2.45) is 0 Å². The highest BCUT2D eigenvalue weighted by Gasteiger charge is 2.07. The minimum absolute atomic E-state index is 0.105. The number of aromatic nitrogens is 3. The lowest BCUT2D eigenvalue weighted by molar-refractivity contribution is 0.440. The molecule has 2 aromatic rings. The third kappa shape index (κ3) is 0.845. The Bertz CT molecular complexity index is 487. The highest BCUT2D eigenvalue weighted by atomic mass is 79.9. The molecule has 0 unspecified atom stereocenters. The number of nitrogens with one attached hydrogen (secondary N) is 1. The average molecular weight is 230 g/mol. The molecule has 0 aliphatic rings. The van der Waals surface area contributed by atoms with E-state index in [1.54, 1.807) is 6.20 Å². The molecule has 0 bridgehead atoms. The molecule has 12 heavy (non-hydrogen) atoms. The minimum Gasteiger partial charge on any atom is -0.493 e. The van der Waals surface area contributed by atoms with Crippen molar-refractivity contribution in [3.05, 3.63) is 27.2 Å². The summed E-state index contributed by atoms with van der Waals surface area (Å²) in [5, 5.41) is 9.38. The Kier molecular flexibility index (Phi) is 1.44. The van der Waals surface area contributed by atoms with E-state index in [9.17, 15) is 9.90 Å². The summed E-state index contributed by atoms with van der Waals surface area (Å²) in [6, 6.07) is 0. The number of H-pyrrole nitrogens is 1. The van der Waals surface area contributed by atoms with Crippen LogP contribution in [0.3, 0.4) is 0 Å². The molecule has 62 valence electrons. The van der Waals surface area contributed by atoms with Gasteiger partial charge in [0.2, 0.25) is 11.7 Å². The van der Waals surface area contributed by atoms with Crippen molar-refractivity contribution >= 4 is 21.7 Å². The zero-order valence-electron chi connectivity index (χ0n) is 5.78. The van der Waals surface area contributed by atoms with Gasteiger partial charge in [-0.25, -0.2) is 4.98 Å². The molecule has 2 N–H and O–H groups in total. The molecule has 0 fully saturated rings. The molecular weight excluding hydrogens is 226 g/mol. The fraction of sp³-hybridized carbons (Fsp3) is 0. The molecule has 0 aliphatic heterocycles. The monoisotopic (exact) mass is 229 g/mol. The first-order chi connectivity index (χ1) is 5.70. The van der Waals surface area contributed by atoms with Gasteiger partial charge in [-0.05, 0) is 15.9 Å². The highest BCUT2D eigenvalue weighted by Crippen LogP contribution is 2.18. The van der Waals surface area contributed by atoms with Gasteiger partial charge in [-0.3, -0.25) is 14.2 Å². The van der Waals surface area contributed by atoms with Gasteiger partial charge in [-0.1, -0.05) is 0 Å². The number of nitrogens with zero attached hydrogens (tertiary/aromatic N) is 2. The molecule has 0 aliphatic carbocycles. The van der Waals surface area contributed by atoms with Crippen LogP contribution in [-0.4, -0.2) is 19.5 Å². The molecule has 2 heterocycles. The number of aromatic hydroxyl groups is 1. The van der Waals surface area contributed by atoms with E-state index in [0.29, 0.717) is 5.78 Å². The van der Waals surface area contributed by atoms with Gasteiger partial charge in [0, 0.05) is 12.4 Å². The van der Waals surface area contributed by atoms with Gasteiger partial charge in [0.05, 0.1) is 0 Å². The molecule has 2 aromatic heterocycles. The van der Waals surface area contributed by atoms with Crippen LogP contribution in [0.15, 0.2) is 21.7 Å². The van der Waals surface area contributed by atoms with Crippen LogP contribution in [0.25, 0.3) is 5.78 Å². The van der Waals surface area contributed by atoms with Crippen LogP contribution >= 0.6 is 15.9 Å². The van der Waals surface area contributed by atoms with Gasteiger partial charge in [0.1, 0.15) is 4.47 Å². The normalized spacial score (nSPS) is 10.8. The second-order valence-corrected chi connectivity index (χ2v) is 3.01. The van der Waals surface area contributed by atoms with E-state index in [0.717, 1.165) is 0 Å². The van der Waals surface area contributed by atoms with Gasteiger partial charge >= 0.3 is 0 Å². The van der Waals surface area contributed by atoms with Gasteiger partial charge in [0.25, 0.3) is 5.56 Å². The smallest absolute Gasteiger partial charge is 0.270 e. The lowest BCUT2D eigenvalue weighted by Gasteiger charge is -1.98. The SMILES string of the molecule is O=c1[nH]c2nccn2c(O)c1Br. The highest BCUT2D eigenvalue weighted by molar-refractivity contribution is 9.10. The molecule has 2 rings (SSSR count). The Morgan fingerprint density at radius 2 is 2.42 bits per heavy atom. The Labute approximate surface area is 74.8 Å². The number of hydrogen-bond acceptors (Lipinski definition) is 3. The van der Waals surface area contributed by atoms with Crippen LogP contribution in [-0.2, 0) is 0 Å². The zero-order valence-corrected chi connectivity index (χ0v) is 7.37. The summed E-state index contributed by atoms with van der Waals surface area (Å²) in [7, 11) is 0. The Balaban J connectivity index is 3.04. The molecule has 0 saturated heterocycles. The van der Waals surface area contributed by atoms with E-state index in [1.165, 1.54) is 10.6 Å². The van der Waals surface area contributed by atoms with Crippen molar-refractivity contribution in [1.82, 2.24) is 14.4 Å². The molecule has 0 aromatic carbocycles. The van der Waals surface area contributed by atoms with E-state index < -0.39 is 5.56 Å². The third-order valence-corrected chi connectivity index (χ3v) is 2.20. The first-order valence-corrected chi connectivity index (χ1v) is 3.93. The van der Waals surface area contributed by atoms with Crippen molar-refractivity contribution in [1.29, 1.82) is 0 Å². The number of halogens is 1. The summed E-state index contributed by atoms with van der Waals surface area (Å²) in [6.07, 6.45) is 3.03. The molecule has 5 nitrogen and oxygen atoms in total. The first kappa shape index (κ1) is 7.35. The van der Waals surface area contributed by atoms with Crippen LogP contribution in [0.4, 0.5) is 0 Å². The maximum atomic E-state index is 11.0. The van der Waals surface area contributed by atoms with Crippen molar-refractivity contribution in [2.45, 2.75) is 0 Å². The predicted octanol–water partition coefficient (Wildman–Crippen LogP) is 0.491. The van der Waals surface area contributed by atoms with Crippen LogP contribution < -0.4 is 5.56 Å². The van der Waals surface area contributed by atoms with E-state index in [-0.39, 0.29) is 10.4 Å². The Morgan fingerprint density at radius 3 is 3.17 bits per heavy atom. The summed E-state index contributed by atoms with van der Waals surface area (Å²) in [5.74, 6) is 0.173. The van der Waals surface area contributed by atoms with Crippen molar-refractivity contribution in [2.75, 3.05) is 0 Å². The third-order valence-electron chi connectivity index (χ3n) is 1.49.